The molecule has 0 bridgehead atoms. The van der Waals surface area contributed by atoms with Crippen LogP contribution in [-0.4, -0.2) is 15.7 Å². The van der Waals surface area contributed by atoms with Crippen molar-refractivity contribution >= 4 is 22.9 Å². The summed E-state index contributed by atoms with van der Waals surface area (Å²) in [4.78, 5) is 12.9. The van der Waals surface area contributed by atoms with Crippen molar-refractivity contribution in [3.8, 4) is 5.75 Å². The van der Waals surface area contributed by atoms with Gasteiger partial charge in [0.05, 0.1) is 16.8 Å². The number of hydrogen-bond donors (Lipinski definition) is 1. The van der Waals surface area contributed by atoms with Crippen LogP contribution in [0, 0.1) is 20.8 Å². The van der Waals surface area contributed by atoms with E-state index in [1.54, 1.807) is 17.1 Å². The molecule has 1 N–H and O–H groups in total. The number of benzene rings is 1. The monoisotopic (exact) mass is 355 g/mol. The number of nitrogens with one attached hydrogen (secondary N) is 1. The lowest BCUT2D eigenvalue weighted by Crippen LogP contribution is -2.09. The maximum Gasteiger partial charge on any atom is 0.265 e. The largest absolute Gasteiger partial charge is 0.489 e. The molecule has 5 nitrogen and oxygen atoms in total. The van der Waals surface area contributed by atoms with E-state index >= 15 is 0 Å². The molecule has 0 unspecified atom stereocenters. The van der Waals surface area contributed by atoms with Gasteiger partial charge < -0.3 is 10.1 Å². The van der Waals surface area contributed by atoms with Gasteiger partial charge in [-0.25, -0.2) is 0 Å². The molecule has 2 aromatic heterocycles. The summed E-state index contributed by atoms with van der Waals surface area (Å²) in [5.41, 5.74) is 5.22. The van der Waals surface area contributed by atoms with Crippen molar-refractivity contribution < 1.29 is 9.53 Å². The fourth-order valence-electron chi connectivity index (χ4n) is 2.56. The number of ether oxygens (including phenoxy) is 1. The maximum absolute atomic E-state index is 12.3. The lowest BCUT2D eigenvalue weighted by Gasteiger charge is -2.11. The Bertz CT molecular complexity index is 911. The third-order valence-corrected chi connectivity index (χ3v) is 4.98. The SMILES string of the molecule is Cc1cc(C)c(C)c(OCc2csc(C(=O)Nc3cnn(C)c3)c2)c1. The minimum atomic E-state index is -0.133. The van der Waals surface area contributed by atoms with Crippen LogP contribution in [0.1, 0.15) is 31.9 Å². The first-order valence-corrected chi connectivity index (χ1v) is 8.88. The number of carbonyl (C=O) groups excluding carboxylic acids is 1. The van der Waals surface area contributed by atoms with Crippen LogP contribution in [0.5, 0.6) is 5.75 Å². The van der Waals surface area contributed by atoms with Crippen LogP contribution >= 0.6 is 11.3 Å². The van der Waals surface area contributed by atoms with E-state index in [2.05, 4.69) is 37.3 Å². The molecule has 1 amide bonds. The van der Waals surface area contributed by atoms with Gasteiger partial charge in [-0.05, 0) is 55.0 Å². The summed E-state index contributed by atoms with van der Waals surface area (Å²) in [5, 5.41) is 8.83. The molecule has 0 aliphatic heterocycles. The van der Waals surface area contributed by atoms with Gasteiger partial charge in [-0.2, -0.15) is 5.10 Å². The van der Waals surface area contributed by atoms with Gasteiger partial charge in [0.2, 0.25) is 0 Å². The van der Waals surface area contributed by atoms with E-state index in [1.165, 1.54) is 22.5 Å². The first-order chi connectivity index (χ1) is 11.9. The number of carbonyl (C=O) groups is 1. The number of hydrogen-bond acceptors (Lipinski definition) is 4. The van der Waals surface area contributed by atoms with Gasteiger partial charge in [0, 0.05) is 18.8 Å². The van der Waals surface area contributed by atoms with Crippen molar-refractivity contribution in [2.75, 3.05) is 5.32 Å². The molecule has 0 saturated heterocycles. The van der Waals surface area contributed by atoms with Crippen molar-refractivity contribution in [2.45, 2.75) is 27.4 Å². The Morgan fingerprint density at radius 3 is 2.80 bits per heavy atom. The summed E-state index contributed by atoms with van der Waals surface area (Å²) in [5.74, 6) is 0.761. The highest BCUT2D eigenvalue weighted by molar-refractivity contribution is 7.12. The van der Waals surface area contributed by atoms with E-state index in [-0.39, 0.29) is 5.91 Å². The predicted molar refractivity (Wildman–Crippen MR) is 100 cm³/mol. The second-order valence-electron chi connectivity index (χ2n) is 6.17. The Morgan fingerprint density at radius 2 is 2.08 bits per heavy atom. The fraction of sp³-hybridized carbons (Fsp3) is 0.263. The van der Waals surface area contributed by atoms with Gasteiger partial charge in [-0.3, -0.25) is 9.48 Å². The maximum atomic E-state index is 12.3. The molecule has 0 radical (unpaired) electrons. The number of nitrogens with zero attached hydrogens (tertiary/aromatic N) is 2. The quantitative estimate of drug-likeness (QED) is 0.745. The van der Waals surface area contributed by atoms with Gasteiger partial charge in [0.1, 0.15) is 12.4 Å². The zero-order valence-electron chi connectivity index (χ0n) is 14.8. The molecule has 0 spiro atoms. The van der Waals surface area contributed by atoms with Crippen LogP contribution in [0.4, 0.5) is 5.69 Å². The summed E-state index contributed by atoms with van der Waals surface area (Å²) in [7, 11) is 1.81. The fourth-order valence-corrected chi connectivity index (χ4v) is 3.35. The number of anilines is 1. The van der Waals surface area contributed by atoms with Gasteiger partial charge in [0.25, 0.3) is 5.91 Å². The summed E-state index contributed by atoms with van der Waals surface area (Å²) in [6.07, 6.45) is 3.39. The number of thiophene rings is 1. The smallest absolute Gasteiger partial charge is 0.265 e. The standard InChI is InChI=1S/C19H21N3O2S/c1-12-5-13(2)14(3)17(6-12)24-10-15-7-18(25-11-15)19(23)21-16-8-20-22(4)9-16/h5-9,11H,10H2,1-4H3,(H,21,23). The molecular formula is C19H21N3O2S. The first kappa shape index (κ1) is 17.2. The third-order valence-electron chi connectivity index (χ3n) is 4.00. The number of rotatable bonds is 5. The van der Waals surface area contributed by atoms with Gasteiger partial charge in [-0.1, -0.05) is 6.07 Å². The lowest BCUT2D eigenvalue weighted by atomic mass is 10.1. The van der Waals surface area contributed by atoms with E-state index in [9.17, 15) is 4.79 Å². The molecule has 2 heterocycles. The van der Waals surface area contributed by atoms with E-state index in [4.69, 9.17) is 4.74 Å². The van der Waals surface area contributed by atoms with Crippen LogP contribution in [0.3, 0.4) is 0 Å². The molecule has 3 aromatic rings. The van der Waals surface area contributed by atoms with Crippen molar-refractivity contribution in [2.24, 2.45) is 7.05 Å². The molecule has 0 aliphatic rings. The molecule has 25 heavy (non-hydrogen) atoms. The zero-order chi connectivity index (χ0) is 18.0. The van der Waals surface area contributed by atoms with Crippen LogP contribution in [0.25, 0.3) is 0 Å². The van der Waals surface area contributed by atoms with Gasteiger partial charge >= 0.3 is 0 Å². The molecule has 0 atom stereocenters. The van der Waals surface area contributed by atoms with Crippen molar-refractivity contribution in [3.63, 3.8) is 0 Å². The highest BCUT2D eigenvalue weighted by Crippen LogP contribution is 2.25. The number of amides is 1. The van der Waals surface area contributed by atoms with Gasteiger partial charge in [0.15, 0.2) is 0 Å². The average Bonchev–Trinajstić information content (AvgIpc) is 3.18. The molecule has 1 aromatic carbocycles. The Labute approximate surface area is 151 Å². The second kappa shape index (κ2) is 7.11. The Hall–Kier alpha value is -2.60. The molecule has 0 saturated carbocycles. The average molecular weight is 355 g/mol. The first-order valence-electron chi connectivity index (χ1n) is 8.00. The molecule has 0 fully saturated rings. The summed E-state index contributed by atoms with van der Waals surface area (Å²) >= 11 is 1.41. The Morgan fingerprint density at radius 1 is 1.28 bits per heavy atom. The highest BCUT2D eigenvalue weighted by atomic mass is 32.1. The Kier molecular flexibility index (Phi) is 4.90. The van der Waals surface area contributed by atoms with Crippen LogP contribution in [0.15, 0.2) is 36.0 Å². The molecule has 130 valence electrons. The van der Waals surface area contributed by atoms with E-state index in [0.717, 1.165) is 16.9 Å². The zero-order valence-corrected chi connectivity index (χ0v) is 15.6. The second-order valence-corrected chi connectivity index (χ2v) is 7.08. The predicted octanol–water partition coefficient (Wildman–Crippen LogP) is 4.24. The molecule has 3 rings (SSSR count). The minimum Gasteiger partial charge on any atom is -0.489 e. The minimum absolute atomic E-state index is 0.133. The van der Waals surface area contributed by atoms with Crippen LogP contribution in [0.2, 0.25) is 0 Å². The van der Waals surface area contributed by atoms with Crippen molar-refractivity contribution in [1.29, 1.82) is 0 Å². The Balaban J connectivity index is 1.65. The third kappa shape index (κ3) is 4.09. The number of aryl methyl sites for hydroxylation is 3. The molecular weight excluding hydrogens is 334 g/mol. The topological polar surface area (TPSA) is 56.1 Å². The summed E-state index contributed by atoms with van der Waals surface area (Å²) < 4.78 is 7.61. The van der Waals surface area contributed by atoms with E-state index in [0.29, 0.717) is 17.2 Å². The lowest BCUT2D eigenvalue weighted by molar-refractivity contribution is 0.103. The van der Waals surface area contributed by atoms with E-state index < -0.39 is 0 Å². The van der Waals surface area contributed by atoms with Crippen molar-refractivity contribution in [1.82, 2.24) is 9.78 Å². The van der Waals surface area contributed by atoms with Crippen LogP contribution in [-0.2, 0) is 13.7 Å². The normalized spacial score (nSPS) is 10.7. The number of aromatic nitrogens is 2. The summed E-state index contributed by atoms with van der Waals surface area (Å²) in [6, 6.07) is 6.06. The van der Waals surface area contributed by atoms with E-state index in [1.807, 2.05) is 24.6 Å². The van der Waals surface area contributed by atoms with Gasteiger partial charge in [-0.15, -0.1) is 11.3 Å². The highest BCUT2D eigenvalue weighted by Gasteiger charge is 2.11. The van der Waals surface area contributed by atoms with Crippen LogP contribution < -0.4 is 10.1 Å². The molecule has 6 heteroatoms. The van der Waals surface area contributed by atoms with Crippen molar-refractivity contribution in [3.05, 3.63) is 63.1 Å². The molecule has 0 aliphatic carbocycles. The summed E-state index contributed by atoms with van der Waals surface area (Å²) in [6.45, 7) is 6.65.